The van der Waals surface area contributed by atoms with E-state index in [0.29, 0.717) is 0 Å². The van der Waals surface area contributed by atoms with Gasteiger partial charge >= 0.3 is 0 Å². The second-order valence-corrected chi connectivity index (χ2v) is 6.09. The summed E-state index contributed by atoms with van der Waals surface area (Å²) in [7, 11) is 0. The molecule has 100 valence electrons. The molecule has 17 heavy (non-hydrogen) atoms. The van der Waals surface area contributed by atoms with Crippen molar-refractivity contribution in [2.24, 2.45) is 17.6 Å². The van der Waals surface area contributed by atoms with Gasteiger partial charge in [0.1, 0.15) is 0 Å². The van der Waals surface area contributed by atoms with Crippen LogP contribution in [0.4, 0.5) is 0 Å². The molecule has 0 spiro atoms. The lowest BCUT2D eigenvalue weighted by atomic mass is 9.88. The van der Waals surface area contributed by atoms with Crippen molar-refractivity contribution in [2.45, 2.75) is 64.3 Å². The highest BCUT2D eigenvalue weighted by atomic mass is 15.2. The zero-order chi connectivity index (χ0) is 12.1. The third kappa shape index (κ3) is 3.45. The van der Waals surface area contributed by atoms with Crippen molar-refractivity contribution >= 4 is 0 Å². The van der Waals surface area contributed by atoms with Gasteiger partial charge in [-0.15, -0.1) is 0 Å². The van der Waals surface area contributed by atoms with Crippen LogP contribution in [-0.2, 0) is 0 Å². The largest absolute Gasteiger partial charge is 0.330 e. The monoisotopic (exact) mass is 238 g/mol. The summed E-state index contributed by atoms with van der Waals surface area (Å²) in [6.07, 6.45) is 11.5. The van der Waals surface area contributed by atoms with Crippen LogP contribution in [0, 0.1) is 11.8 Å². The summed E-state index contributed by atoms with van der Waals surface area (Å²) >= 11 is 0. The molecule has 0 bridgehead atoms. The molecule has 2 unspecified atom stereocenters. The van der Waals surface area contributed by atoms with Crippen molar-refractivity contribution in [3.63, 3.8) is 0 Å². The van der Waals surface area contributed by atoms with Crippen LogP contribution in [-0.4, -0.2) is 30.6 Å². The van der Waals surface area contributed by atoms with Crippen LogP contribution < -0.4 is 5.73 Å². The van der Waals surface area contributed by atoms with Crippen molar-refractivity contribution in [3.8, 4) is 0 Å². The highest BCUT2D eigenvalue weighted by Gasteiger charge is 2.31. The topological polar surface area (TPSA) is 29.3 Å². The Labute approximate surface area is 107 Å². The second-order valence-electron chi connectivity index (χ2n) is 6.09. The predicted octanol–water partition coefficient (Wildman–Crippen LogP) is 3.02. The third-order valence-electron chi connectivity index (χ3n) is 5.01. The van der Waals surface area contributed by atoms with Crippen LogP contribution in [0.5, 0.6) is 0 Å². The number of hydrogen-bond acceptors (Lipinski definition) is 2. The number of nitrogens with two attached hydrogens (primary N) is 1. The maximum Gasteiger partial charge on any atom is 0.0135 e. The van der Waals surface area contributed by atoms with Crippen LogP contribution >= 0.6 is 0 Å². The van der Waals surface area contributed by atoms with Crippen molar-refractivity contribution in [1.82, 2.24) is 4.90 Å². The fraction of sp³-hybridized carbons (Fsp3) is 1.00. The minimum Gasteiger partial charge on any atom is -0.330 e. The van der Waals surface area contributed by atoms with E-state index in [9.17, 15) is 0 Å². The lowest BCUT2D eigenvalue weighted by Gasteiger charge is -2.35. The first-order valence-corrected chi connectivity index (χ1v) is 7.79. The fourth-order valence-corrected chi connectivity index (χ4v) is 3.97. The summed E-state index contributed by atoms with van der Waals surface area (Å²) in [6.45, 7) is 5.79. The maximum absolute atomic E-state index is 5.92. The quantitative estimate of drug-likeness (QED) is 0.798. The smallest absolute Gasteiger partial charge is 0.0135 e. The van der Waals surface area contributed by atoms with Gasteiger partial charge in [-0.1, -0.05) is 32.6 Å². The molecule has 0 aromatic heterocycles. The van der Waals surface area contributed by atoms with Crippen LogP contribution in [0.1, 0.15) is 58.3 Å². The van der Waals surface area contributed by atoms with E-state index in [-0.39, 0.29) is 0 Å². The van der Waals surface area contributed by atoms with Gasteiger partial charge in [0.25, 0.3) is 0 Å². The summed E-state index contributed by atoms with van der Waals surface area (Å²) in [5, 5.41) is 0. The predicted molar refractivity (Wildman–Crippen MR) is 74.0 cm³/mol. The minimum atomic E-state index is 0.776. The van der Waals surface area contributed by atoms with E-state index in [4.69, 9.17) is 5.73 Å². The molecule has 0 amide bonds. The van der Waals surface area contributed by atoms with Gasteiger partial charge in [0.05, 0.1) is 0 Å². The van der Waals surface area contributed by atoms with Crippen molar-refractivity contribution < 1.29 is 0 Å². The van der Waals surface area contributed by atoms with E-state index in [0.717, 1.165) is 24.4 Å². The van der Waals surface area contributed by atoms with E-state index in [1.807, 2.05) is 0 Å². The van der Waals surface area contributed by atoms with Crippen molar-refractivity contribution in [1.29, 1.82) is 0 Å². The van der Waals surface area contributed by atoms with Gasteiger partial charge in [0, 0.05) is 12.6 Å². The molecule has 2 rings (SSSR count). The SMILES string of the molecule is CCN(CC1CCCCC1)C1CCCC1CN. The molecule has 0 radical (unpaired) electrons. The van der Waals surface area contributed by atoms with E-state index in [2.05, 4.69) is 11.8 Å². The Balaban J connectivity index is 1.86. The molecular weight excluding hydrogens is 208 g/mol. The lowest BCUT2D eigenvalue weighted by Crippen LogP contribution is -2.43. The highest BCUT2D eigenvalue weighted by Crippen LogP contribution is 2.31. The van der Waals surface area contributed by atoms with E-state index < -0.39 is 0 Å². The van der Waals surface area contributed by atoms with Crippen molar-refractivity contribution in [2.75, 3.05) is 19.6 Å². The first-order valence-electron chi connectivity index (χ1n) is 7.79. The number of hydrogen-bond donors (Lipinski definition) is 1. The molecule has 2 aliphatic carbocycles. The van der Waals surface area contributed by atoms with E-state index >= 15 is 0 Å². The van der Waals surface area contributed by atoms with Crippen LogP contribution in [0.2, 0.25) is 0 Å². The molecule has 0 aliphatic heterocycles. The van der Waals surface area contributed by atoms with Crippen LogP contribution in [0.15, 0.2) is 0 Å². The molecule has 2 saturated carbocycles. The third-order valence-corrected chi connectivity index (χ3v) is 5.01. The Morgan fingerprint density at radius 2 is 1.76 bits per heavy atom. The molecule has 2 aliphatic rings. The zero-order valence-electron chi connectivity index (χ0n) is 11.5. The molecule has 2 nitrogen and oxygen atoms in total. The Hall–Kier alpha value is -0.0800. The van der Waals surface area contributed by atoms with Crippen LogP contribution in [0.3, 0.4) is 0 Å². The maximum atomic E-state index is 5.92. The molecule has 0 aromatic rings. The lowest BCUT2D eigenvalue weighted by molar-refractivity contribution is 0.131. The first kappa shape index (κ1) is 13.4. The van der Waals surface area contributed by atoms with E-state index in [1.165, 1.54) is 64.5 Å². The Kier molecular flexibility index (Phi) is 5.30. The molecule has 2 atom stereocenters. The van der Waals surface area contributed by atoms with Gasteiger partial charge in [0.2, 0.25) is 0 Å². The Morgan fingerprint density at radius 3 is 2.41 bits per heavy atom. The Bertz CT molecular complexity index is 211. The summed E-state index contributed by atoms with van der Waals surface area (Å²) in [6, 6.07) is 0.798. The molecule has 0 aromatic carbocycles. The second kappa shape index (κ2) is 6.75. The van der Waals surface area contributed by atoms with Gasteiger partial charge < -0.3 is 10.6 Å². The summed E-state index contributed by atoms with van der Waals surface area (Å²) in [4.78, 5) is 2.75. The van der Waals surface area contributed by atoms with Gasteiger partial charge in [0.15, 0.2) is 0 Å². The fourth-order valence-electron chi connectivity index (χ4n) is 3.97. The average Bonchev–Trinajstić information content (AvgIpc) is 2.85. The molecule has 2 fully saturated rings. The van der Waals surface area contributed by atoms with Gasteiger partial charge in [-0.2, -0.15) is 0 Å². The zero-order valence-corrected chi connectivity index (χ0v) is 11.5. The van der Waals surface area contributed by atoms with Crippen LogP contribution in [0.25, 0.3) is 0 Å². The molecule has 2 heteroatoms. The van der Waals surface area contributed by atoms with Gasteiger partial charge in [-0.3, -0.25) is 0 Å². The molecule has 2 N–H and O–H groups in total. The normalized spacial score (nSPS) is 31.2. The highest BCUT2D eigenvalue weighted by molar-refractivity contribution is 4.86. The summed E-state index contributed by atoms with van der Waals surface area (Å²) in [5.41, 5.74) is 5.92. The standard InChI is InChI=1S/C15H30N2/c1-2-17(12-13-7-4-3-5-8-13)15-10-6-9-14(15)11-16/h13-15H,2-12,16H2,1H3. The number of nitrogens with zero attached hydrogens (tertiary/aromatic N) is 1. The molecular formula is C15H30N2. The number of rotatable bonds is 5. The average molecular weight is 238 g/mol. The molecule has 0 saturated heterocycles. The summed E-state index contributed by atoms with van der Waals surface area (Å²) < 4.78 is 0. The first-order chi connectivity index (χ1) is 8.35. The van der Waals surface area contributed by atoms with Crippen molar-refractivity contribution in [3.05, 3.63) is 0 Å². The van der Waals surface area contributed by atoms with E-state index in [1.54, 1.807) is 0 Å². The van der Waals surface area contributed by atoms with Gasteiger partial charge in [-0.05, 0) is 50.6 Å². The molecule has 0 heterocycles. The Morgan fingerprint density at radius 1 is 1.00 bits per heavy atom. The summed E-state index contributed by atoms with van der Waals surface area (Å²) in [5.74, 6) is 1.75. The van der Waals surface area contributed by atoms with Gasteiger partial charge in [-0.25, -0.2) is 0 Å². The minimum absolute atomic E-state index is 0.776.